The maximum Gasteiger partial charge on any atom is 0.433 e. The smallest absolute Gasteiger partial charge is 0.433 e. The quantitative estimate of drug-likeness (QED) is 0.716. The molecule has 4 nitrogen and oxygen atoms in total. The number of nitrogens with zero attached hydrogens (tertiary/aromatic N) is 3. The fraction of sp³-hybridized carbons (Fsp3) is 0.176. The van der Waals surface area contributed by atoms with Crippen LogP contribution in [-0.4, -0.2) is 12.0 Å². The van der Waals surface area contributed by atoms with Gasteiger partial charge in [0.15, 0.2) is 0 Å². The third-order valence-electron chi connectivity index (χ3n) is 3.52. The standard InChI is InChI=1S/C17H12F3N3O/c1-23(10-13-8-11-4-2-3-5-14(11)24-13)16-12(9-21)6-7-15(22-16)17(18,19)20/h2-8H,10H2,1H3. The van der Waals surface area contributed by atoms with Gasteiger partial charge in [-0.2, -0.15) is 18.4 Å². The molecule has 3 aromatic rings. The second-order valence-corrected chi connectivity index (χ2v) is 5.28. The van der Waals surface area contributed by atoms with Crippen molar-refractivity contribution in [3.63, 3.8) is 0 Å². The highest BCUT2D eigenvalue weighted by atomic mass is 19.4. The molecular weight excluding hydrogens is 319 g/mol. The van der Waals surface area contributed by atoms with E-state index >= 15 is 0 Å². The van der Waals surface area contributed by atoms with Crippen molar-refractivity contribution in [2.45, 2.75) is 12.7 Å². The van der Waals surface area contributed by atoms with Gasteiger partial charge in [0.05, 0.1) is 12.1 Å². The summed E-state index contributed by atoms with van der Waals surface area (Å²) in [7, 11) is 1.57. The number of alkyl halides is 3. The second-order valence-electron chi connectivity index (χ2n) is 5.28. The molecule has 0 aliphatic carbocycles. The first kappa shape index (κ1) is 15.9. The first-order valence-corrected chi connectivity index (χ1v) is 7.05. The zero-order chi connectivity index (χ0) is 17.3. The Bertz CT molecular complexity index is 892. The fourth-order valence-corrected chi connectivity index (χ4v) is 2.41. The van der Waals surface area contributed by atoms with E-state index in [0.717, 1.165) is 17.5 Å². The normalized spacial score (nSPS) is 11.5. The molecule has 0 aliphatic heterocycles. The monoisotopic (exact) mass is 331 g/mol. The average Bonchev–Trinajstić information content (AvgIpc) is 2.95. The van der Waals surface area contributed by atoms with Gasteiger partial charge >= 0.3 is 6.18 Å². The molecule has 0 saturated heterocycles. The summed E-state index contributed by atoms with van der Waals surface area (Å²) in [6.07, 6.45) is -4.57. The average molecular weight is 331 g/mol. The van der Waals surface area contributed by atoms with E-state index in [9.17, 15) is 13.2 Å². The van der Waals surface area contributed by atoms with Crippen molar-refractivity contribution in [1.82, 2.24) is 4.98 Å². The number of halogens is 3. The lowest BCUT2D eigenvalue weighted by Crippen LogP contribution is -2.20. The zero-order valence-electron chi connectivity index (χ0n) is 12.6. The Hall–Kier alpha value is -3.01. The molecule has 0 atom stereocenters. The van der Waals surface area contributed by atoms with Gasteiger partial charge in [-0.25, -0.2) is 4.98 Å². The number of hydrogen-bond donors (Lipinski definition) is 0. The number of aromatic nitrogens is 1. The van der Waals surface area contributed by atoms with Crippen LogP contribution in [0.1, 0.15) is 17.0 Å². The van der Waals surface area contributed by atoms with Crippen molar-refractivity contribution in [2.75, 3.05) is 11.9 Å². The molecule has 1 aromatic carbocycles. The van der Waals surface area contributed by atoms with Crippen LogP contribution in [0.2, 0.25) is 0 Å². The maximum absolute atomic E-state index is 12.9. The van der Waals surface area contributed by atoms with Crippen molar-refractivity contribution in [3.05, 3.63) is 59.5 Å². The Kier molecular flexibility index (Phi) is 3.89. The van der Waals surface area contributed by atoms with Gasteiger partial charge in [-0.3, -0.25) is 0 Å². The molecule has 3 rings (SSSR count). The van der Waals surface area contributed by atoms with Crippen LogP contribution >= 0.6 is 0 Å². The molecule has 24 heavy (non-hydrogen) atoms. The summed E-state index contributed by atoms with van der Waals surface area (Å²) in [6.45, 7) is 0.192. The molecule has 2 aromatic heterocycles. The van der Waals surface area contributed by atoms with E-state index in [1.54, 1.807) is 7.05 Å². The Morgan fingerprint density at radius 3 is 2.62 bits per heavy atom. The highest BCUT2D eigenvalue weighted by molar-refractivity contribution is 5.77. The number of furan rings is 1. The van der Waals surface area contributed by atoms with E-state index < -0.39 is 11.9 Å². The van der Waals surface area contributed by atoms with Crippen LogP contribution in [0.3, 0.4) is 0 Å². The number of nitriles is 1. The van der Waals surface area contributed by atoms with Crippen molar-refractivity contribution < 1.29 is 17.6 Å². The first-order valence-electron chi connectivity index (χ1n) is 7.05. The molecular formula is C17H12F3N3O. The van der Waals surface area contributed by atoms with Crippen molar-refractivity contribution >= 4 is 16.8 Å². The molecule has 0 saturated carbocycles. The molecule has 0 aliphatic rings. The van der Waals surface area contributed by atoms with Gasteiger partial charge in [-0.15, -0.1) is 0 Å². The Labute approximate surface area is 135 Å². The number of fused-ring (bicyclic) bond motifs is 1. The maximum atomic E-state index is 12.9. The topological polar surface area (TPSA) is 53.1 Å². The zero-order valence-corrected chi connectivity index (χ0v) is 12.6. The molecule has 0 unspecified atom stereocenters. The molecule has 0 spiro atoms. The lowest BCUT2D eigenvalue weighted by molar-refractivity contribution is -0.141. The third kappa shape index (κ3) is 3.04. The summed E-state index contributed by atoms with van der Waals surface area (Å²) in [5.74, 6) is 0.537. The molecule has 0 fully saturated rings. The van der Waals surface area contributed by atoms with E-state index in [4.69, 9.17) is 9.68 Å². The van der Waals surface area contributed by atoms with Crippen LogP contribution < -0.4 is 4.90 Å². The predicted octanol–water partition coefficient (Wildman–Crippen LogP) is 4.35. The molecule has 0 radical (unpaired) electrons. The summed E-state index contributed by atoms with van der Waals surface area (Å²) < 4.78 is 44.2. The number of pyridine rings is 1. The number of benzene rings is 1. The second kappa shape index (κ2) is 5.89. The van der Waals surface area contributed by atoms with Crippen LogP contribution in [0, 0.1) is 11.3 Å². The minimum absolute atomic E-state index is 0.0345. The van der Waals surface area contributed by atoms with Crippen LogP contribution in [0.25, 0.3) is 11.0 Å². The van der Waals surface area contributed by atoms with Gasteiger partial charge in [0.25, 0.3) is 0 Å². The van der Waals surface area contributed by atoms with Gasteiger partial charge in [-0.1, -0.05) is 18.2 Å². The van der Waals surface area contributed by atoms with E-state index in [1.165, 1.54) is 4.90 Å². The van der Waals surface area contributed by atoms with Gasteiger partial charge in [0.2, 0.25) is 0 Å². The summed E-state index contributed by atoms with van der Waals surface area (Å²) >= 11 is 0. The minimum atomic E-state index is -4.57. The largest absolute Gasteiger partial charge is 0.459 e. The summed E-state index contributed by atoms with van der Waals surface area (Å²) in [4.78, 5) is 5.07. The predicted molar refractivity (Wildman–Crippen MR) is 82.3 cm³/mol. The highest BCUT2D eigenvalue weighted by Gasteiger charge is 2.33. The molecule has 0 N–H and O–H groups in total. The molecule has 122 valence electrons. The Balaban J connectivity index is 1.93. The molecule has 2 heterocycles. The number of para-hydroxylation sites is 1. The fourth-order valence-electron chi connectivity index (χ4n) is 2.41. The minimum Gasteiger partial charge on any atom is -0.459 e. The molecule has 0 amide bonds. The Morgan fingerprint density at radius 2 is 1.96 bits per heavy atom. The summed E-state index contributed by atoms with van der Waals surface area (Å²) in [5.41, 5.74) is -0.270. The van der Waals surface area contributed by atoms with E-state index in [-0.39, 0.29) is 17.9 Å². The van der Waals surface area contributed by atoms with Crippen LogP contribution in [-0.2, 0) is 12.7 Å². The first-order chi connectivity index (χ1) is 11.4. The third-order valence-corrected chi connectivity index (χ3v) is 3.52. The van der Waals surface area contributed by atoms with Gasteiger partial charge in [0, 0.05) is 12.4 Å². The number of anilines is 1. The van der Waals surface area contributed by atoms with Crippen LogP contribution in [0.5, 0.6) is 0 Å². The SMILES string of the molecule is CN(Cc1cc2ccccc2o1)c1nc(C(F)(F)F)ccc1C#N. The number of hydrogen-bond acceptors (Lipinski definition) is 4. The number of rotatable bonds is 3. The highest BCUT2D eigenvalue weighted by Crippen LogP contribution is 2.31. The molecule has 0 bridgehead atoms. The van der Waals surface area contributed by atoms with Gasteiger partial charge in [-0.05, 0) is 24.3 Å². The lowest BCUT2D eigenvalue weighted by atomic mass is 10.2. The van der Waals surface area contributed by atoms with Crippen LogP contribution in [0.15, 0.2) is 46.9 Å². The van der Waals surface area contributed by atoms with Crippen molar-refractivity contribution in [1.29, 1.82) is 5.26 Å². The van der Waals surface area contributed by atoms with Crippen molar-refractivity contribution in [3.8, 4) is 6.07 Å². The van der Waals surface area contributed by atoms with Crippen LogP contribution in [0.4, 0.5) is 19.0 Å². The van der Waals surface area contributed by atoms with E-state index in [0.29, 0.717) is 11.3 Å². The van der Waals surface area contributed by atoms with Crippen molar-refractivity contribution in [2.24, 2.45) is 0 Å². The van der Waals surface area contributed by atoms with Gasteiger partial charge in [0.1, 0.15) is 28.9 Å². The lowest BCUT2D eigenvalue weighted by Gasteiger charge is -2.19. The van der Waals surface area contributed by atoms with E-state index in [2.05, 4.69) is 4.98 Å². The van der Waals surface area contributed by atoms with Gasteiger partial charge < -0.3 is 9.32 Å². The van der Waals surface area contributed by atoms with E-state index in [1.807, 2.05) is 36.4 Å². The summed E-state index contributed by atoms with van der Waals surface area (Å²) in [5, 5.41) is 10.0. The Morgan fingerprint density at radius 1 is 1.21 bits per heavy atom. The molecule has 7 heteroatoms. The summed E-state index contributed by atoms with van der Waals surface area (Å²) in [6, 6.07) is 13.0.